The van der Waals surface area contributed by atoms with Crippen LogP contribution < -0.4 is 5.32 Å². The van der Waals surface area contributed by atoms with Gasteiger partial charge in [-0.05, 0) is 31.9 Å². The topological polar surface area (TPSA) is 130 Å². The lowest BCUT2D eigenvalue weighted by molar-refractivity contribution is -0.130. The number of nitrogens with one attached hydrogen (secondary N) is 1. The summed E-state index contributed by atoms with van der Waals surface area (Å²) in [5.74, 6) is -0.437. The number of carbonyl (C=O) groups is 2. The van der Waals surface area contributed by atoms with Gasteiger partial charge >= 0.3 is 0 Å². The Morgan fingerprint density at radius 2 is 1.87 bits per heavy atom. The van der Waals surface area contributed by atoms with E-state index in [4.69, 9.17) is 9.57 Å². The van der Waals surface area contributed by atoms with Crippen LogP contribution in [0.1, 0.15) is 37.1 Å². The number of sulfone groups is 1. The van der Waals surface area contributed by atoms with Crippen LogP contribution in [0.2, 0.25) is 0 Å². The number of nitrogens with zero attached hydrogens (tertiary/aromatic N) is 4. The molecule has 2 fully saturated rings. The number of rotatable bonds is 11. The molecule has 1 aliphatic carbocycles. The minimum absolute atomic E-state index is 0.000396. The Morgan fingerprint density at radius 1 is 1.18 bits per heavy atom. The van der Waals surface area contributed by atoms with Gasteiger partial charge in [-0.25, -0.2) is 13.4 Å². The normalized spacial score (nSPS) is 17.8. The highest BCUT2D eigenvalue weighted by Crippen LogP contribution is 2.33. The molecule has 0 spiro atoms. The van der Waals surface area contributed by atoms with Crippen molar-refractivity contribution < 1.29 is 27.6 Å². The minimum atomic E-state index is -3.35. The molecule has 4 rings (SSSR count). The lowest BCUT2D eigenvalue weighted by atomic mass is 10.1. The van der Waals surface area contributed by atoms with Crippen molar-refractivity contribution in [2.75, 3.05) is 45.2 Å². The number of ether oxygens (including phenoxy) is 1. The predicted octanol–water partition coefficient (Wildman–Crippen LogP) is 2.14. The zero-order chi connectivity index (χ0) is 27.3. The second kappa shape index (κ2) is 12.3. The number of anilines is 1. The number of benzene rings is 1. The van der Waals surface area contributed by atoms with Gasteiger partial charge < -0.3 is 14.5 Å². The third kappa shape index (κ3) is 7.16. The summed E-state index contributed by atoms with van der Waals surface area (Å²) in [4.78, 5) is 39.9. The molecule has 1 aromatic carbocycles. The molecular weight excluding hydrogens is 530 g/mol. The number of amides is 2. The molecule has 206 valence electrons. The molecule has 2 heterocycles. The monoisotopic (exact) mass is 563 g/mol. The van der Waals surface area contributed by atoms with Crippen LogP contribution in [-0.2, 0) is 35.5 Å². The van der Waals surface area contributed by atoms with Crippen LogP contribution in [0.5, 0.6) is 0 Å². The number of methoxy groups -OCH3 is 1. The highest BCUT2D eigenvalue weighted by atomic mass is 32.2. The maximum Gasteiger partial charge on any atom is 0.280 e. The largest absolute Gasteiger partial charge is 0.390 e. The van der Waals surface area contributed by atoms with Crippen molar-refractivity contribution in [3.8, 4) is 0 Å². The van der Waals surface area contributed by atoms with E-state index in [-0.39, 0.29) is 28.4 Å². The van der Waals surface area contributed by atoms with Crippen LogP contribution in [-0.4, -0.2) is 92.0 Å². The van der Waals surface area contributed by atoms with E-state index in [9.17, 15) is 18.0 Å². The molecule has 2 aliphatic rings. The standard InChI is InChI=1S/C25H33N5O6S2/c1-17(16-35-3)36-28-23(19-4-6-21(7-5-19)38(33,34)22-8-9-22)24(32)27-25-26-14-20(37-25)15-29-10-12-30(13-11-29)18(2)31/h4-7,14,17,22H,8-13,15-16H2,1-3H3,(H,26,27,32)/b28-23+/t17-/m1/s1. The van der Waals surface area contributed by atoms with Crippen LogP contribution >= 0.6 is 11.3 Å². The van der Waals surface area contributed by atoms with Crippen molar-refractivity contribution in [3.05, 3.63) is 40.9 Å². The second-order valence-corrected chi connectivity index (χ2v) is 12.8. The van der Waals surface area contributed by atoms with Crippen LogP contribution in [0.3, 0.4) is 0 Å². The Labute approximate surface area is 226 Å². The maximum absolute atomic E-state index is 13.2. The van der Waals surface area contributed by atoms with Gasteiger partial charge in [0, 0.05) is 63.4 Å². The number of oxime groups is 1. The highest BCUT2D eigenvalue weighted by Gasteiger charge is 2.36. The van der Waals surface area contributed by atoms with Gasteiger partial charge in [-0.2, -0.15) is 0 Å². The summed E-state index contributed by atoms with van der Waals surface area (Å²) in [6, 6.07) is 6.12. The first kappa shape index (κ1) is 28.1. The average Bonchev–Trinajstić information content (AvgIpc) is 3.67. The van der Waals surface area contributed by atoms with Crippen molar-refractivity contribution in [2.24, 2.45) is 5.16 Å². The van der Waals surface area contributed by atoms with Gasteiger partial charge in [0.2, 0.25) is 5.91 Å². The van der Waals surface area contributed by atoms with E-state index in [1.54, 1.807) is 39.3 Å². The lowest BCUT2D eigenvalue weighted by Gasteiger charge is -2.33. The molecule has 1 atom stereocenters. The molecule has 1 aliphatic heterocycles. The van der Waals surface area contributed by atoms with Crippen LogP contribution in [0, 0.1) is 0 Å². The third-order valence-corrected chi connectivity index (χ3v) is 9.51. The first-order valence-electron chi connectivity index (χ1n) is 12.5. The third-order valence-electron chi connectivity index (χ3n) is 6.33. The molecule has 1 aromatic heterocycles. The van der Waals surface area contributed by atoms with Gasteiger partial charge in [0.05, 0.1) is 16.8 Å². The average molecular weight is 564 g/mol. The molecule has 1 N–H and O–H groups in total. The number of thiazole rings is 1. The number of hydrogen-bond donors (Lipinski definition) is 1. The van der Waals surface area contributed by atoms with Crippen LogP contribution in [0.4, 0.5) is 5.13 Å². The molecule has 0 bridgehead atoms. The number of piperazine rings is 1. The fourth-order valence-corrected chi connectivity index (χ4v) is 6.55. The molecule has 2 aromatic rings. The van der Waals surface area contributed by atoms with Gasteiger partial charge in [-0.1, -0.05) is 17.3 Å². The number of hydrogen-bond acceptors (Lipinski definition) is 10. The van der Waals surface area contributed by atoms with E-state index in [2.05, 4.69) is 20.4 Å². The van der Waals surface area contributed by atoms with Crippen LogP contribution in [0.25, 0.3) is 0 Å². The zero-order valence-corrected chi connectivity index (χ0v) is 23.4. The Hall–Kier alpha value is -2.87. The Kier molecular flexibility index (Phi) is 9.13. The van der Waals surface area contributed by atoms with Gasteiger partial charge in [0.25, 0.3) is 5.91 Å². The smallest absolute Gasteiger partial charge is 0.280 e. The first-order valence-corrected chi connectivity index (χ1v) is 14.8. The summed E-state index contributed by atoms with van der Waals surface area (Å²) in [6.07, 6.45) is 2.68. The summed E-state index contributed by atoms with van der Waals surface area (Å²) in [7, 11) is -1.81. The zero-order valence-electron chi connectivity index (χ0n) is 21.8. The molecule has 0 radical (unpaired) electrons. The minimum Gasteiger partial charge on any atom is -0.390 e. The predicted molar refractivity (Wildman–Crippen MR) is 144 cm³/mol. The second-order valence-electron chi connectivity index (χ2n) is 9.45. The summed E-state index contributed by atoms with van der Waals surface area (Å²) in [5, 5.41) is 6.96. The van der Waals surface area contributed by atoms with Gasteiger partial charge in [-0.3, -0.25) is 19.8 Å². The van der Waals surface area contributed by atoms with Crippen molar-refractivity contribution in [3.63, 3.8) is 0 Å². The molecule has 2 amide bonds. The SMILES string of the molecule is COC[C@@H](C)O/N=C(/C(=O)Nc1ncc(CN2CCN(C(C)=O)CC2)s1)c1ccc(S(=O)(=O)C2CC2)cc1. The lowest BCUT2D eigenvalue weighted by Crippen LogP contribution is -2.47. The van der Waals surface area contributed by atoms with E-state index in [0.717, 1.165) is 18.0 Å². The summed E-state index contributed by atoms with van der Waals surface area (Å²) >= 11 is 1.36. The molecule has 0 unspecified atom stereocenters. The highest BCUT2D eigenvalue weighted by molar-refractivity contribution is 7.92. The Balaban J connectivity index is 1.44. The van der Waals surface area contributed by atoms with Crippen molar-refractivity contribution >= 4 is 43.8 Å². The molecule has 1 saturated carbocycles. The van der Waals surface area contributed by atoms with E-state index >= 15 is 0 Å². The maximum atomic E-state index is 13.2. The number of aromatic nitrogens is 1. The van der Waals surface area contributed by atoms with Gasteiger partial charge in [0.15, 0.2) is 20.7 Å². The van der Waals surface area contributed by atoms with E-state index in [0.29, 0.717) is 43.2 Å². The molecule has 1 saturated heterocycles. The Morgan fingerprint density at radius 3 is 2.47 bits per heavy atom. The van der Waals surface area contributed by atoms with Crippen molar-refractivity contribution in [1.82, 2.24) is 14.8 Å². The molecular formula is C25H33N5O6S2. The van der Waals surface area contributed by atoms with E-state index in [1.807, 2.05) is 4.90 Å². The van der Waals surface area contributed by atoms with Gasteiger partial charge in [-0.15, -0.1) is 11.3 Å². The summed E-state index contributed by atoms with van der Waals surface area (Å²) in [5.41, 5.74) is 0.419. The van der Waals surface area contributed by atoms with Crippen LogP contribution in [0.15, 0.2) is 40.5 Å². The quantitative estimate of drug-likeness (QED) is 0.325. The Bertz CT molecular complexity index is 1270. The van der Waals surface area contributed by atoms with Crippen molar-refractivity contribution in [2.45, 2.75) is 49.5 Å². The summed E-state index contributed by atoms with van der Waals surface area (Å²) in [6.45, 7) is 7.25. The fourth-order valence-electron chi connectivity index (χ4n) is 4.04. The number of carbonyl (C=O) groups excluding carboxylic acids is 2. The fraction of sp³-hybridized carbons (Fsp3) is 0.520. The molecule has 13 heteroatoms. The van der Waals surface area contributed by atoms with E-state index < -0.39 is 21.8 Å². The molecule has 11 nitrogen and oxygen atoms in total. The molecule has 38 heavy (non-hydrogen) atoms. The summed E-state index contributed by atoms with van der Waals surface area (Å²) < 4.78 is 30.2. The van der Waals surface area contributed by atoms with Gasteiger partial charge in [0.1, 0.15) is 6.10 Å². The first-order chi connectivity index (χ1) is 18.2. The van der Waals surface area contributed by atoms with E-state index in [1.165, 1.54) is 23.5 Å². The van der Waals surface area contributed by atoms with Crippen molar-refractivity contribution in [1.29, 1.82) is 0 Å².